The highest BCUT2D eigenvalue weighted by Gasteiger charge is 2.45. The molecular formula is C28H35NO5. The molecule has 1 aliphatic heterocycles. The Kier molecular flexibility index (Phi) is 7.82. The molecule has 2 aromatic carbocycles. The number of hydrogen-bond donors (Lipinski definition) is 1. The number of hydrogen-bond acceptors (Lipinski definition) is 5. The summed E-state index contributed by atoms with van der Waals surface area (Å²) in [5.74, 6) is -0.460. The standard InChI is InChI=1S/C28H35NO5/c1-18(2)17-34-22-13-9-20(10-14-22)25(30)23-24(29(15-16-33-6)27(32)26(23)31)19-7-11-21(12-8-19)28(3,4)5/h7-14,18,24,30H,15-17H2,1-6H3/b25-23-. The van der Waals surface area contributed by atoms with E-state index in [1.807, 2.05) is 24.3 Å². The molecule has 0 aliphatic carbocycles. The topological polar surface area (TPSA) is 76.1 Å². The molecule has 1 aliphatic rings. The van der Waals surface area contributed by atoms with E-state index in [1.165, 1.54) is 4.90 Å². The van der Waals surface area contributed by atoms with E-state index in [4.69, 9.17) is 9.47 Å². The van der Waals surface area contributed by atoms with E-state index in [2.05, 4.69) is 34.6 Å². The van der Waals surface area contributed by atoms with Crippen LogP contribution in [0.25, 0.3) is 5.76 Å². The monoisotopic (exact) mass is 465 g/mol. The summed E-state index contributed by atoms with van der Waals surface area (Å²) in [5.41, 5.74) is 2.41. The third-order valence-corrected chi connectivity index (χ3v) is 5.88. The van der Waals surface area contributed by atoms with Gasteiger partial charge in [-0.25, -0.2) is 0 Å². The average molecular weight is 466 g/mol. The Morgan fingerprint density at radius 1 is 1.03 bits per heavy atom. The van der Waals surface area contributed by atoms with Crippen LogP contribution in [0.3, 0.4) is 0 Å². The Morgan fingerprint density at radius 2 is 1.65 bits per heavy atom. The zero-order valence-electron chi connectivity index (χ0n) is 20.9. The molecule has 6 heteroatoms. The second-order valence-corrected chi connectivity index (χ2v) is 10.1. The lowest BCUT2D eigenvalue weighted by Crippen LogP contribution is -2.32. The molecule has 1 heterocycles. The van der Waals surface area contributed by atoms with Gasteiger partial charge in [-0.1, -0.05) is 58.9 Å². The average Bonchev–Trinajstić information content (AvgIpc) is 3.05. The van der Waals surface area contributed by atoms with Crippen LogP contribution in [0.4, 0.5) is 0 Å². The van der Waals surface area contributed by atoms with E-state index in [9.17, 15) is 14.7 Å². The van der Waals surface area contributed by atoms with E-state index >= 15 is 0 Å². The zero-order valence-corrected chi connectivity index (χ0v) is 20.9. The van der Waals surface area contributed by atoms with Gasteiger partial charge in [0.25, 0.3) is 11.7 Å². The maximum Gasteiger partial charge on any atom is 0.295 e. The number of amides is 1. The van der Waals surface area contributed by atoms with Crippen LogP contribution in [0.15, 0.2) is 54.1 Å². The molecule has 0 bridgehead atoms. The maximum absolute atomic E-state index is 13.1. The third kappa shape index (κ3) is 5.50. The highest BCUT2D eigenvalue weighted by atomic mass is 16.5. The molecule has 3 rings (SSSR count). The van der Waals surface area contributed by atoms with Gasteiger partial charge in [0.15, 0.2) is 0 Å². The minimum Gasteiger partial charge on any atom is -0.507 e. The normalized spacial score (nSPS) is 18.1. The number of carbonyl (C=O) groups excluding carboxylic acids is 2. The number of carbonyl (C=O) groups is 2. The number of nitrogens with zero attached hydrogens (tertiary/aromatic N) is 1. The Morgan fingerprint density at radius 3 is 2.18 bits per heavy atom. The molecule has 0 spiro atoms. The van der Waals surface area contributed by atoms with Crippen LogP contribution in [0, 0.1) is 5.92 Å². The lowest BCUT2D eigenvalue weighted by atomic mass is 9.85. The maximum atomic E-state index is 13.1. The first kappa shape index (κ1) is 25.5. The van der Waals surface area contributed by atoms with Crippen LogP contribution < -0.4 is 4.74 Å². The fraction of sp³-hybridized carbons (Fsp3) is 0.429. The molecule has 182 valence electrons. The highest BCUT2D eigenvalue weighted by Crippen LogP contribution is 2.40. The summed E-state index contributed by atoms with van der Waals surface area (Å²) in [4.78, 5) is 27.5. The summed E-state index contributed by atoms with van der Waals surface area (Å²) in [6, 6.07) is 14.1. The highest BCUT2D eigenvalue weighted by molar-refractivity contribution is 6.46. The number of Topliss-reactive ketones (excluding diaryl/α,β-unsaturated/α-hetero) is 1. The molecule has 6 nitrogen and oxygen atoms in total. The third-order valence-electron chi connectivity index (χ3n) is 5.88. The van der Waals surface area contributed by atoms with Gasteiger partial charge in [-0.2, -0.15) is 0 Å². The van der Waals surface area contributed by atoms with Crippen molar-refractivity contribution in [2.45, 2.75) is 46.1 Å². The molecule has 1 amide bonds. The molecule has 2 aromatic rings. The van der Waals surface area contributed by atoms with Crippen molar-refractivity contribution in [3.8, 4) is 5.75 Å². The molecule has 1 N–H and O–H groups in total. The number of aliphatic hydroxyl groups is 1. The number of ether oxygens (including phenoxy) is 2. The molecule has 1 saturated heterocycles. The minimum absolute atomic E-state index is 0.0320. The summed E-state index contributed by atoms with van der Waals surface area (Å²) in [6.07, 6.45) is 0. The van der Waals surface area contributed by atoms with Gasteiger partial charge in [-0.15, -0.1) is 0 Å². The number of methoxy groups -OCH3 is 1. The first-order chi connectivity index (χ1) is 16.0. The molecule has 1 unspecified atom stereocenters. The van der Waals surface area contributed by atoms with E-state index in [0.29, 0.717) is 23.8 Å². The second kappa shape index (κ2) is 10.4. The van der Waals surface area contributed by atoms with Crippen LogP contribution in [-0.4, -0.2) is 48.6 Å². The van der Waals surface area contributed by atoms with Gasteiger partial charge in [0.05, 0.1) is 24.8 Å². The zero-order chi connectivity index (χ0) is 25.0. The van der Waals surface area contributed by atoms with Crippen molar-refractivity contribution in [2.75, 3.05) is 26.9 Å². The predicted molar refractivity (Wildman–Crippen MR) is 133 cm³/mol. The number of likely N-dealkylation sites (tertiary alicyclic amines) is 1. The van der Waals surface area contributed by atoms with Gasteiger partial charge in [0.2, 0.25) is 0 Å². The van der Waals surface area contributed by atoms with Crippen molar-refractivity contribution in [3.05, 3.63) is 70.8 Å². The quantitative estimate of drug-likeness (QED) is 0.334. The molecule has 0 aromatic heterocycles. The molecule has 1 fully saturated rings. The van der Waals surface area contributed by atoms with Gasteiger partial charge in [-0.05, 0) is 46.7 Å². The van der Waals surface area contributed by atoms with E-state index in [1.54, 1.807) is 31.4 Å². The largest absolute Gasteiger partial charge is 0.507 e. The molecular weight excluding hydrogens is 430 g/mol. The van der Waals surface area contributed by atoms with Gasteiger partial charge in [0, 0.05) is 19.2 Å². The Bertz CT molecular complexity index is 1050. The van der Waals surface area contributed by atoms with Crippen molar-refractivity contribution in [3.63, 3.8) is 0 Å². The van der Waals surface area contributed by atoms with E-state index in [0.717, 1.165) is 11.1 Å². The number of aliphatic hydroxyl groups excluding tert-OH is 1. The summed E-state index contributed by atoms with van der Waals surface area (Å²) < 4.78 is 10.9. The summed E-state index contributed by atoms with van der Waals surface area (Å²) >= 11 is 0. The van der Waals surface area contributed by atoms with Gasteiger partial charge in [-0.3, -0.25) is 9.59 Å². The van der Waals surface area contributed by atoms with Crippen molar-refractivity contribution in [2.24, 2.45) is 5.92 Å². The van der Waals surface area contributed by atoms with Crippen LogP contribution >= 0.6 is 0 Å². The van der Waals surface area contributed by atoms with Crippen molar-refractivity contribution < 1.29 is 24.2 Å². The lowest BCUT2D eigenvalue weighted by Gasteiger charge is -2.26. The van der Waals surface area contributed by atoms with Gasteiger partial charge in [0.1, 0.15) is 11.5 Å². The first-order valence-electron chi connectivity index (χ1n) is 11.7. The number of ketones is 1. The number of rotatable bonds is 8. The van der Waals surface area contributed by atoms with Crippen LogP contribution in [0.5, 0.6) is 5.75 Å². The second-order valence-electron chi connectivity index (χ2n) is 10.1. The van der Waals surface area contributed by atoms with Gasteiger partial charge >= 0.3 is 0 Å². The Labute approximate surface area is 202 Å². The van der Waals surface area contributed by atoms with Crippen LogP contribution in [0.2, 0.25) is 0 Å². The SMILES string of the molecule is COCCN1C(=O)C(=O)/C(=C(\O)c2ccc(OCC(C)C)cc2)C1c1ccc(C(C)(C)C)cc1. The fourth-order valence-electron chi connectivity index (χ4n) is 3.94. The summed E-state index contributed by atoms with van der Waals surface area (Å²) in [7, 11) is 1.55. The Balaban J connectivity index is 2.04. The van der Waals surface area contributed by atoms with E-state index in [-0.39, 0.29) is 29.9 Å². The van der Waals surface area contributed by atoms with Crippen molar-refractivity contribution >= 4 is 17.4 Å². The molecule has 34 heavy (non-hydrogen) atoms. The molecule has 1 atom stereocenters. The number of benzene rings is 2. The smallest absolute Gasteiger partial charge is 0.295 e. The summed E-state index contributed by atoms with van der Waals surface area (Å²) in [5, 5.41) is 11.2. The van der Waals surface area contributed by atoms with Gasteiger partial charge < -0.3 is 19.5 Å². The summed E-state index contributed by atoms with van der Waals surface area (Å²) in [6.45, 7) is 11.6. The lowest BCUT2D eigenvalue weighted by molar-refractivity contribution is -0.140. The Hall–Kier alpha value is -3.12. The van der Waals surface area contributed by atoms with Crippen molar-refractivity contribution in [1.82, 2.24) is 4.90 Å². The van der Waals surface area contributed by atoms with Crippen LogP contribution in [-0.2, 0) is 19.7 Å². The first-order valence-corrected chi connectivity index (χ1v) is 11.7. The van der Waals surface area contributed by atoms with Crippen molar-refractivity contribution in [1.29, 1.82) is 0 Å². The van der Waals surface area contributed by atoms with Crippen LogP contribution in [0.1, 0.15) is 57.4 Å². The minimum atomic E-state index is -0.696. The predicted octanol–water partition coefficient (Wildman–Crippen LogP) is 5.09. The molecule has 0 radical (unpaired) electrons. The molecule has 0 saturated carbocycles. The van der Waals surface area contributed by atoms with E-state index < -0.39 is 17.7 Å². The fourth-order valence-corrected chi connectivity index (χ4v) is 3.94.